The molecule has 0 bridgehead atoms. The zero-order chi connectivity index (χ0) is 18.2. The molecular formula is C17H13FN2O4S. The van der Waals surface area contributed by atoms with Crippen molar-refractivity contribution in [1.82, 2.24) is 4.98 Å². The number of primary sulfonamides is 1. The van der Waals surface area contributed by atoms with Crippen molar-refractivity contribution in [2.45, 2.75) is 5.03 Å². The maximum absolute atomic E-state index is 13.1. The lowest BCUT2D eigenvalue weighted by atomic mass is 9.96. The second kappa shape index (κ2) is 6.23. The Hall–Kier alpha value is -2.84. The first-order valence-electron chi connectivity index (χ1n) is 7.18. The van der Waals surface area contributed by atoms with Gasteiger partial charge in [0.25, 0.3) is 10.0 Å². The summed E-state index contributed by atoms with van der Waals surface area (Å²) in [5.41, 5.74) is 2.36. The molecule has 1 aromatic heterocycles. The fourth-order valence-corrected chi connectivity index (χ4v) is 3.03. The predicted molar refractivity (Wildman–Crippen MR) is 89.1 cm³/mol. The molecule has 2 aromatic rings. The van der Waals surface area contributed by atoms with Gasteiger partial charge in [-0.15, -0.1) is 0 Å². The van der Waals surface area contributed by atoms with E-state index in [1.807, 2.05) is 0 Å². The van der Waals surface area contributed by atoms with Crippen LogP contribution in [-0.2, 0) is 14.8 Å². The Morgan fingerprint density at radius 3 is 2.08 bits per heavy atom. The molecular weight excluding hydrogens is 347 g/mol. The summed E-state index contributed by atoms with van der Waals surface area (Å²) in [6, 6.07) is 8.41. The van der Waals surface area contributed by atoms with Crippen LogP contribution in [0, 0.1) is 11.7 Å². The average Bonchev–Trinajstić information content (AvgIpc) is 3.00. The normalized spacial score (nSPS) is 17.1. The van der Waals surface area contributed by atoms with Crippen LogP contribution in [0.15, 0.2) is 59.8 Å². The van der Waals surface area contributed by atoms with Crippen LogP contribution in [0.1, 0.15) is 11.1 Å². The number of rotatable bonds is 4. The minimum absolute atomic E-state index is 0.281. The molecule has 8 heteroatoms. The molecule has 0 fully saturated rings. The van der Waals surface area contributed by atoms with E-state index in [1.54, 1.807) is 18.2 Å². The third kappa shape index (κ3) is 3.49. The van der Waals surface area contributed by atoms with E-state index in [9.17, 15) is 22.7 Å². The molecule has 0 saturated heterocycles. The highest BCUT2D eigenvalue weighted by atomic mass is 32.2. The maximum atomic E-state index is 13.1. The number of nitrogens with two attached hydrogens (primary N) is 1. The molecule has 0 spiro atoms. The van der Waals surface area contributed by atoms with Crippen molar-refractivity contribution in [2.24, 2.45) is 11.1 Å². The number of sulfonamides is 1. The summed E-state index contributed by atoms with van der Waals surface area (Å²) < 4.78 is 35.7. The summed E-state index contributed by atoms with van der Waals surface area (Å²) in [5, 5.41) is 14.0. The van der Waals surface area contributed by atoms with Crippen LogP contribution in [0.3, 0.4) is 0 Å². The summed E-state index contributed by atoms with van der Waals surface area (Å²) in [5.74, 6) is -2.27. The highest BCUT2D eigenvalue weighted by molar-refractivity contribution is 7.89. The quantitative estimate of drug-likeness (QED) is 0.867. The van der Waals surface area contributed by atoms with Crippen molar-refractivity contribution in [1.29, 1.82) is 0 Å². The first-order chi connectivity index (χ1) is 11.8. The number of benzene rings is 1. The van der Waals surface area contributed by atoms with Gasteiger partial charge in [-0.05, 0) is 41.0 Å². The summed E-state index contributed by atoms with van der Waals surface area (Å²) in [7, 11) is -3.92. The Morgan fingerprint density at radius 2 is 1.60 bits per heavy atom. The lowest BCUT2D eigenvalue weighted by molar-refractivity contribution is -0.138. The number of allylic oxidation sites excluding steroid dienone is 2. The van der Waals surface area contributed by atoms with Crippen molar-refractivity contribution in [3.8, 4) is 0 Å². The van der Waals surface area contributed by atoms with Gasteiger partial charge in [-0.25, -0.2) is 22.9 Å². The van der Waals surface area contributed by atoms with Gasteiger partial charge >= 0.3 is 5.97 Å². The van der Waals surface area contributed by atoms with Gasteiger partial charge < -0.3 is 5.11 Å². The van der Waals surface area contributed by atoms with Crippen LogP contribution in [0.2, 0.25) is 0 Å². The number of carboxylic acid groups (broad SMARTS) is 1. The molecule has 3 N–H and O–H groups in total. The van der Waals surface area contributed by atoms with Crippen LogP contribution in [-0.4, -0.2) is 24.5 Å². The van der Waals surface area contributed by atoms with E-state index in [4.69, 9.17) is 5.14 Å². The average molecular weight is 360 g/mol. The van der Waals surface area contributed by atoms with Crippen LogP contribution in [0.5, 0.6) is 0 Å². The highest BCUT2D eigenvalue weighted by Crippen LogP contribution is 2.38. The van der Waals surface area contributed by atoms with Crippen LogP contribution in [0.4, 0.5) is 4.39 Å². The fraction of sp³-hybridized carbons (Fsp3) is 0.0588. The van der Waals surface area contributed by atoms with E-state index in [0.717, 1.165) is 0 Å². The third-order valence-electron chi connectivity index (χ3n) is 3.76. The molecule has 0 saturated carbocycles. The van der Waals surface area contributed by atoms with Gasteiger partial charge in [0.2, 0.25) is 0 Å². The highest BCUT2D eigenvalue weighted by Gasteiger charge is 2.25. The van der Waals surface area contributed by atoms with Crippen LogP contribution in [0.25, 0.3) is 11.1 Å². The number of aliphatic carboxylic acids is 1. The Bertz CT molecular complexity index is 994. The second-order valence-electron chi connectivity index (χ2n) is 5.46. The van der Waals surface area contributed by atoms with Gasteiger partial charge in [0.15, 0.2) is 5.03 Å². The van der Waals surface area contributed by atoms with E-state index in [-0.39, 0.29) is 5.03 Å². The SMILES string of the molecule is NS(=O)(=O)c1ccc(C2=CC(C(=O)O)C=C2c2ccc(F)cc2)cn1. The van der Waals surface area contributed by atoms with E-state index >= 15 is 0 Å². The van der Waals surface area contributed by atoms with E-state index in [0.29, 0.717) is 22.3 Å². The van der Waals surface area contributed by atoms with Crippen molar-refractivity contribution in [2.75, 3.05) is 0 Å². The monoisotopic (exact) mass is 360 g/mol. The number of pyridine rings is 1. The lowest BCUT2D eigenvalue weighted by Gasteiger charge is -2.09. The van der Waals surface area contributed by atoms with Crippen molar-refractivity contribution in [3.05, 3.63) is 71.7 Å². The Kier molecular flexibility index (Phi) is 4.23. The molecule has 1 unspecified atom stereocenters. The molecule has 25 heavy (non-hydrogen) atoms. The predicted octanol–water partition coefficient (Wildman–Crippen LogP) is 2.05. The van der Waals surface area contributed by atoms with E-state index in [2.05, 4.69) is 4.98 Å². The van der Waals surface area contributed by atoms with Gasteiger partial charge in [0, 0.05) is 11.8 Å². The minimum atomic E-state index is -3.92. The molecule has 0 amide bonds. The number of aromatic nitrogens is 1. The van der Waals surface area contributed by atoms with Gasteiger partial charge in [0.1, 0.15) is 5.82 Å². The zero-order valence-electron chi connectivity index (χ0n) is 12.8. The minimum Gasteiger partial charge on any atom is -0.481 e. The number of hydrogen-bond donors (Lipinski definition) is 2. The molecule has 1 aliphatic carbocycles. The Balaban J connectivity index is 2.05. The second-order valence-corrected chi connectivity index (χ2v) is 6.97. The summed E-state index contributed by atoms with van der Waals surface area (Å²) >= 11 is 0. The zero-order valence-corrected chi connectivity index (χ0v) is 13.6. The number of halogens is 1. The molecule has 0 aliphatic heterocycles. The van der Waals surface area contributed by atoms with Gasteiger partial charge in [0.05, 0.1) is 5.92 Å². The molecule has 3 rings (SSSR count). The summed E-state index contributed by atoms with van der Waals surface area (Å²) in [4.78, 5) is 15.2. The number of hydrogen-bond acceptors (Lipinski definition) is 4. The molecule has 128 valence electrons. The van der Waals surface area contributed by atoms with Gasteiger partial charge in [-0.1, -0.05) is 24.3 Å². The van der Waals surface area contributed by atoms with E-state index < -0.39 is 27.7 Å². The molecule has 0 radical (unpaired) electrons. The lowest BCUT2D eigenvalue weighted by Crippen LogP contribution is -2.13. The third-order valence-corrected chi connectivity index (χ3v) is 4.59. The number of carbonyl (C=O) groups is 1. The van der Waals surface area contributed by atoms with Crippen molar-refractivity contribution >= 4 is 27.1 Å². The van der Waals surface area contributed by atoms with E-state index in [1.165, 1.54) is 36.5 Å². The van der Waals surface area contributed by atoms with Crippen LogP contribution >= 0.6 is 0 Å². The van der Waals surface area contributed by atoms with Gasteiger partial charge in [-0.2, -0.15) is 0 Å². The largest absolute Gasteiger partial charge is 0.481 e. The van der Waals surface area contributed by atoms with Crippen molar-refractivity contribution in [3.63, 3.8) is 0 Å². The summed E-state index contributed by atoms with van der Waals surface area (Å²) in [6.07, 6.45) is 4.40. The standard InChI is InChI=1S/C17H13FN2O4S/c18-13-4-1-10(2-5-13)14-7-12(17(21)22)8-15(14)11-3-6-16(20-9-11)25(19,23)24/h1-9,12H,(H,21,22)(H2,19,23,24). The smallest absolute Gasteiger partial charge is 0.314 e. The molecule has 1 heterocycles. The first kappa shape index (κ1) is 17.0. The number of carboxylic acids is 1. The molecule has 1 aromatic carbocycles. The van der Waals surface area contributed by atoms with Crippen molar-refractivity contribution < 1.29 is 22.7 Å². The molecule has 1 atom stereocenters. The topological polar surface area (TPSA) is 110 Å². The maximum Gasteiger partial charge on any atom is 0.314 e. The Morgan fingerprint density at radius 1 is 1.04 bits per heavy atom. The molecule has 1 aliphatic rings. The number of nitrogens with zero attached hydrogens (tertiary/aromatic N) is 1. The summed E-state index contributed by atoms with van der Waals surface area (Å²) in [6.45, 7) is 0. The first-order valence-corrected chi connectivity index (χ1v) is 8.72. The van der Waals surface area contributed by atoms with Crippen LogP contribution < -0.4 is 5.14 Å². The van der Waals surface area contributed by atoms with Gasteiger partial charge in [-0.3, -0.25) is 4.79 Å². The molecule has 6 nitrogen and oxygen atoms in total. The fourth-order valence-electron chi connectivity index (χ4n) is 2.57. The Labute approximate surface area is 143 Å².